The van der Waals surface area contributed by atoms with Crippen LogP contribution in [0.15, 0.2) is 16.6 Å². The van der Waals surface area contributed by atoms with E-state index in [9.17, 15) is 9.59 Å². The monoisotopic (exact) mass is 364 g/mol. The number of primary amides is 1. The number of thioether (sulfide) groups is 1. The van der Waals surface area contributed by atoms with Gasteiger partial charge in [0.15, 0.2) is 5.16 Å². The largest absolute Gasteiger partial charge is 0.370 e. The third-order valence-corrected chi connectivity index (χ3v) is 5.16. The molecule has 0 saturated heterocycles. The SMILES string of the molecule is C[C@H](Sc1nnc(CCC(N)=O)n1C)C(=O)Nc1sccc1C#N. The summed E-state index contributed by atoms with van der Waals surface area (Å²) in [4.78, 5) is 23.1. The Morgan fingerprint density at radius 2 is 2.29 bits per heavy atom. The minimum absolute atomic E-state index is 0.196. The molecular formula is C14H16N6O2S2. The number of carbonyl (C=O) groups excluding carboxylic acids is 2. The van der Waals surface area contributed by atoms with Gasteiger partial charge in [0, 0.05) is 19.9 Å². The van der Waals surface area contributed by atoms with Gasteiger partial charge in [-0.05, 0) is 18.4 Å². The topological polar surface area (TPSA) is 127 Å². The summed E-state index contributed by atoms with van der Waals surface area (Å²) in [6.45, 7) is 1.75. The lowest BCUT2D eigenvalue weighted by molar-refractivity contribution is -0.118. The quantitative estimate of drug-likeness (QED) is 0.713. The number of hydrogen-bond donors (Lipinski definition) is 2. The summed E-state index contributed by atoms with van der Waals surface area (Å²) in [6, 6.07) is 3.69. The second-order valence-electron chi connectivity index (χ2n) is 4.95. The van der Waals surface area contributed by atoms with Crippen molar-refractivity contribution in [2.45, 2.75) is 30.2 Å². The maximum atomic E-state index is 12.3. The van der Waals surface area contributed by atoms with E-state index in [1.807, 2.05) is 6.07 Å². The van der Waals surface area contributed by atoms with E-state index in [1.54, 1.807) is 30.0 Å². The molecule has 2 rings (SSSR count). The van der Waals surface area contributed by atoms with Gasteiger partial charge in [-0.1, -0.05) is 11.8 Å². The first-order chi connectivity index (χ1) is 11.4. The van der Waals surface area contributed by atoms with E-state index in [0.717, 1.165) is 0 Å². The number of carbonyl (C=O) groups is 2. The highest BCUT2D eigenvalue weighted by Gasteiger charge is 2.20. The van der Waals surface area contributed by atoms with Gasteiger partial charge in [-0.2, -0.15) is 5.26 Å². The highest BCUT2D eigenvalue weighted by Crippen LogP contribution is 2.26. The molecule has 0 fully saturated rings. The summed E-state index contributed by atoms with van der Waals surface area (Å²) in [5.41, 5.74) is 5.57. The summed E-state index contributed by atoms with van der Waals surface area (Å²) in [7, 11) is 1.77. The van der Waals surface area contributed by atoms with Gasteiger partial charge in [0.1, 0.15) is 16.9 Å². The highest BCUT2D eigenvalue weighted by atomic mass is 32.2. The van der Waals surface area contributed by atoms with Crippen LogP contribution in [0, 0.1) is 11.3 Å². The zero-order valence-electron chi connectivity index (χ0n) is 13.1. The molecule has 0 aliphatic heterocycles. The Labute approximate surface area is 147 Å². The smallest absolute Gasteiger partial charge is 0.238 e. The Balaban J connectivity index is 1.99. The van der Waals surface area contributed by atoms with Crippen molar-refractivity contribution in [1.29, 1.82) is 5.26 Å². The van der Waals surface area contributed by atoms with Crippen molar-refractivity contribution in [3.63, 3.8) is 0 Å². The van der Waals surface area contributed by atoms with E-state index in [0.29, 0.717) is 28.0 Å². The second kappa shape index (κ2) is 7.94. The maximum Gasteiger partial charge on any atom is 0.238 e. The van der Waals surface area contributed by atoms with Crippen LogP contribution in [0.5, 0.6) is 0 Å². The van der Waals surface area contributed by atoms with Gasteiger partial charge >= 0.3 is 0 Å². The highest BCUT2D eigenvalue weighted by molar-refractivity contribution is 8.00. The van der Waals surface area contributed by atoms with Crippen LogP contribution in [0.1, 0.15) is 24.7 Å². The first-order valence-corrected chi connectivity index (χ1v) is 8.80. The number of rotatable bonds is 7. The summed E-state index contributed by atoms with van der Waals surface area (Å²) >= 11 is 2.55. The van der Waals surface area contributed by atoms with E-state index in [1.165, 1.54) is 23.1 Å². The van der Waals surface area contributed by atoms with Gasteiger partial charge in [-0.3, -0.25) is 9.59 Å². The minimum Gasteiger partial charge on any atom is -0.370 e. The second-order valence-corrected chi connectivity index (χ2v) is 7.17. The molecule has 0 radical (unpaired) electrons. The van der Waals surface area contributed by atoms with Crippen LogP contribution in [-0.2, 0) is 23.1 Å². The minimum atomic E-state index is -0.425. The number of nitrogens with one attached hydrogen (secondary N) is 1. The zero-order valence-corrected chi connectivity index (χ0v) is 14.8. The number of nitrogens with zero attached hydrogens (tertiary/aromatic N) is 4. The molecule has 2 amide bonds. The molecule has 3 N–H and O–H groups in total. The molecule has 0 aliphatic carbocycles. The number of nitrogens with two attached hydrogens (primary N) is 1. The van der Waals surface area contributed by atoms with Gasteiger partial charge in [-0.25, -0.2) is 0 Å². The van der Waals surface area contributed by atoms with Crippen LogP contribution in [0.3, 0.4) is 0 Å². The summed E-state index contributed by atoms with van der Waals surface area (Å²) in [5.74, 6) is 0.0127. The molecule has 0 aliphatic rings. The van der Waals surface area contributed by atoms with Crippen molar-refractivity contribution in [2.75, 3.05) is 5.32 Å². The van der Waals surface area contributed by atoms with E-state index in [-0.39, 0.29) is 12.3 Å². The van der Waals surface area contributed by atoms with E-state index in [4.69, 9.17) is 11.0 Å². The van der Waals surface area contributed by atoms with Gasteiger partial charge < -0.3 is 15.6 Å². The molecule has 0 aromatic carbocycles. The summed E-state index contributed by atoms with van der Waals surface area (Å²) in [5, 5.41) is 22.2. The van der Waals surface area contributed by atoms with E-state index in [2.05, 4.69) is 15.5 Å². The third-order valence-electron chi connectivity index (χ3n) is 3.19. The number of nitriles is 1. The van der Waals surface area contributed by atoms with Crippen LogP contribution in [0.2, 0.25) is 0 Å². The molecule has 126 valence electrons. The van der Waals surface area contributed by atoms with Crippen molar-refractivity contribution in [3.05, 3.63) is 22.8 Å². The molecule has 2 aromatic rings. The Morgan fingerprint density at radius 1 is 1.54 bits per heavy atom. The Morgan fingerprint density at radius 3 is 2.96 bits per heavy atom. The fraction of sp³-hybridized carbons (Fsp3) is 0.357. The molecule has 0 spiro atoms. The van der Waals surface area contributed by atoms with E-state index < -0.39 is 11.2 Å². The van der Waals surface area contributed by atoms with Crippen LogP contribution in [0.4, 0.5) is 5.00 Å². The number of hydrogen-bond acceptors (Lipinski definition) is 7. The summed E-state index contributed by atoms with van der Waals surface area (Å²) in [6.07, 6.45) is 0.600. The number of aryl methyl sites for hydroxylation is 1. The molecule has 0 bridgehead atoms. The number of thiophene rings is 1. The Hall–Kier alpha value is -2.38. The normalized spacial score (nSPS) is 11.7. The van der Waals surface area contributed by atoms with Crippen LogP contribution < -0.4 is 11.1 Å². The molecule has 8 nitrogen and oxygen atoms in total. The van der Waals surface area contributed by atoms with Crippen molar-refractivity contribution in [2.24, 2.45) is 12.8 Å². The predicted octanol–water partition coefficient (Wildman–Crippen LogP) is 1.29. The van der Waals surface area contributed by atoms with Crippen molar-refractivity contribution >= 4 is 39.9 Å². The number of anilines is 1. The van der Waals surface area contributed by atoms with Crippen molar-refractivity contribution in [3.8, 4) is 6.07 Å². The van der Waals surface area contributed by atoms with Crippen molar-refractivity contribution in [1.82, 2.24) is 14.8 Å². The molecular weight excluding hydrogens is 348 g/mol. The van der Waals surface area contributed by atoms with Gasteiger partial charge in [0.25, 0.3) is 0 Å². The summed E-state index contributed by atoms with van der Waals surface area (Å²) < 4.78 is 1.74. The first-order valence-electron chi connectivity index (χ1n) is 7.04. The molecule has 0 unspecified atom stereocenters. The molecule has 1 atom stereocenters. The standard InChI is InChI=1S/C14H16N6O2S2/c1-8(12(22)17-13-9(7-15)5-6-23-13)24-14-19-18-11(20(14)2)4-3-10(16)21/h5-6,8H,3-4H2,1-2H3,(H2,16,21)(H,17,22)/t8-/m0/s1. The lowest BCUT2D eigenvalue weighted by atomic mass is 10.3. The number of amides is 2. The van der Waals surface area contributed by atoms with Gasteiger partial charge in [0.2, 0.25) is 11.8 Å². The predicted molar refractivity (Wildman–Crippen MR) is 91.5 cm³/mol. The molecule has 24 heavy (non-hydrogen) atoms. The molecule has 2 aromatic heterocycles. The lowest BCUT2D eigenvalue weighted by Gasteiger charge is -2.10. The molecule has 0 saturated carbocycles. The molecule has 10 heteroatoms. The molecule has 2 heterocycles. The van der Waals surface area contributed by atoms with Crippen LogP contribution in [-0.4, -0.2) is 31.8 Å². The third kappa shape index (κ3) is 4.33. The average molecular weight is 364 g/mol. The van der Waals surface area contributed by atoms with Crippen molar-refractivity contribution < 1.29 is 9.59 Å². The maximum absolute atomic E-state index is 12.3. The fourth-order valence-corrected chi connectivity index (χ4v) is 3.39. The lowest BCUT2D eigenvalue weighted by Crippen LogP contribution is -2.22. The number of aromatic nitrogens is 3. The van der Waals surface area contributed by atoms with Crippen LogP contribution >= 0.6 is 23.1 Å². The Kier molecular flexibility index (Phi) is 5.94. The first kappa shape index (κ1) is 18.0. The van der Waals surface area contributed by atoms with Gasteiger partial charge in [0.05, 0.1) is 10.8 Å². The fourth-order valence-electron chi connectivity index (χ4n) is 1.82. The van der Waals surface area contributed by atoms with Crippen LogP contribution in [0.25, 0.3) is 0 Å². The Bertz CT molecular complexity index is 792. The van der Waals surface area contributed by atoms with E-state index >= 15 is 0 Å². The average Bonchev–Trinajstić information content (AvgIpc) is 3.12. The van der Waals surface area contributed by atoms with Gasteiger partial charge in [-0.15, -0.1) is 21.5 Å². The zero-order chi connectivity index (χ0) is 17.7.